The number of fused-ring (bicyclic) bond motifs is 1. The molecule has 2 saturated heterocycles. The van der Waals surface area contributed by atoms with Crippen molar-refractivity contribution in [3.8, 4) is 17.2 Å². The van der Waals surface area contributed by atoms with Gasteiger partial charge in [-0.05, 0) is 29.3 Å². The zero-order valence-corrected chi connectivity index (χ0v) is 33.4. The van der Waals surface area contributed by atoms with Crippen molar-refractivity contribution in [2.45, 2.75) is 31.7 Å². The standard InChI is InChI=1S/C33H38N5O9P.2Na/c1-4-17-36-22-30(39)37-27(18-23-13-15-26(16-14-23)47-48(42,43)44)32(40)35(20-25-11-8-12-28(45-2)31(25)46-3)21-29(37)38(36)33(41)34-19-24-9-6-5-7-10-24;;/h4-16,27,29H,1,17-22H2,2-3H3,(H,34,41)(H2,42,43,44);;/q;2*+1/p-2/t27-,29-;;/m0../s1. The third-order valence-electron chi connectivity index (χ3n) is 8.08. The number of benzene rings is 3. The molecule has 3 aromatic carbocycles. The Morgan fingerprint density at radius 1 is 0.980 bits per heavy atom. The van der Waals surface area contributed by atoms with Gasteiger partial charge in [0.05, 0.1) is 27.3 Å². The molecule has 2 atom stereocenters. The number of amides is 4. The maximum absolute atomic E-state index is 14.3. The second kappa shape index (κ2) is 18.6. The number of ether oxygens (including phenoxy) is 2. The molecule has 0 spiro atoms. The molecule has 0 radical (unpaired) electrons. The molecular formula is C33H36N5Na2O9P. The van der Waals surface area contributed by atoms with E-state index in [9.17, 15) is 28.7 Å². The molecule has 4 amide bonds. The van der Waals surface area contributed by atoms with E-state index in [1.165, 1.54) is 48.4 Å². The first-order valence-electron chi connectivity index (χ1n) is 15.1. The number of urea groups is 1. The van der Waals surface area contributed by atoms with Crippen LogP contribution in [-0.2, 0) is 33.7 Å². The molecule has 14 nitrogen and oxygen atoms in total. The van der Waals surface area contributed by atoms with Gasteiger partial charge < -0.3 is 43.5 Å². The molecule has 2 fully saturated rings. The summed E-state index contributed by atoms with van der Waals surface area (Å²) in [5.41, 5.74) is 2.10. The van der Waals surface area contributed by atoms with E-state index < -0.39 is 26.1 Å². The van der Waals surface area contributed by atoms with Gasteiger partial charge in [-0.15, -0.1) is 6.58 Å². The summed E-state index contributed by atoms with van der Waals surface area (Å²) in [5, 5.41) is 6.02. The third-order valence-corrected chi connectivity index (χ3v) is 8.51. The van der Waals surface area contributed by atoms with Crippen molar-refractivity contribution >= 4 is 25.7 Å². The van der Waals surface area contributed by atoms with Gasteiger partial charge in [-0.25, -0.2) is 14.8 Å². The number of nitrogens with one attached hydrogen (secondary N) is 1. The Bertz CT molecular complexity index is 1700. The summed E-state index contributed by atoms with van der Waals surface area (Å²) in [6, 6.07) is 18.8. The van der Waals surface area contributed by atoms with E-state index in [0.717, 1.165) is 5.56 Å². The third kappa shape index (κ3) is 9.91. The fraction of sp³-hybridized carbons (Fsp3) is 0.303. The van der Waals surface area contributed by atoms with Crippen LogP contribution < -0.4 is 88.2 Å². The molecule has 0 saturated carbocycles. The Balaban J connectivity index is 0.00000338. The summed E-state index contributed by atoms with van der Waals surface area (Å²) in [4.78, 5) is 67.3. The molecule has 3 aromatic rings. The van der Waals surface area contributed by atoms with Crippen molar-refractivity contribution in [2.75, 3.05) is 33.9 Å². The number of nitrogens with zero attached hydrogens (tertiary/aromatic N) is 4. The van der Waals surface area contributed by atoms with Crippen molar-refractivity contribution in [2.24, 2.45) is 0 Å². The number of hydrazine groups is 1. The van der Waals surface area contributed by atoms with Crippen LogP contribution in [0.5, 0.6) is 17.2 Å². The van der Waals surface area contributed by atoms with Crippen molar-refractivity contribution in [3.63, 3.8) is 0 Å². The van der Waals surface area contributed by atoms with E-state index in [1.807, 2.05) is 30.3 Å². The molecule has 2 aliphatic rings. The Kier molecular flexibility index (Phi) is 15.4. The molecule has 17 heteroatoms. The molecule has 1 N–H and O–H groups in total. The van der Waals surface area contributed by atoms with Gasteiger partial charge in [0, 0.05) is 31.6 Å². The number of carbonyl (C=O) groups excluding carboxylic acids is 3. The molecule has 0 aromatic heterocycles. The summed E-state index contributed by atoms with van der Waals surface area (Å²) in [5.74, 6) is 0.0243. The number of phosphoric acid groups is 1. The van der Waals surface area contributed by atoms with Crippen molar-refractivity contribution in [3.05, 3.63) is 102 Å². The van der Waals surface area contributed by atoms with Crippen LogP contribution in [0.2, 0.25) is 0 Å². The molecule has 2 heterocycles. The zero-order chi connectivity index (χ0) is 34.4. The summed E-state index contributed by atoms with van der Waals surface area (Å²) >= 11 is 0. The van der Waals surface area contributed by atoms with Gasteiger partial charge >= 0.3 is 65.1 Å². The number of rotatable bonds is 12. The Labute approximate surface area is 335 Å². The average molecular weight is 724 g/mol. The van der Waals surface area contributed by atoms with Crippen molar-refractivity contribution in [1.82, 2.24) is 25.1 Å². The summed E-state index contributed by atoms with van der Waals surface area (Å²) < 4.78 is 26.6. The minimum Gasteiger partial charge on any atom is -0.780 e. The van der Waals surface area contributed by atoms with Crippen LogP contribution in [0.3, 0.4) is 0 Å². The van der Waals surface area contributed by atoms with Crippen LogP contribution in [-0.4, -0.2) is 83.7 Å². The summed E-state index contributed by atoms with van der Waals surface area (Å²) in [6.07, 6.45) is 0.730. The van der Waals surface area contributed by atoms with Crippen LogP contribution >= 0.6 is 7.82 Å². The second-order valence-electron chi connectivity index (χ2n) is 11.2. The maximum atomic E-state index is 14.3. The van der Waals surface area contributed by atoms with Gasteiger partial charge in [0.15, 0.2) is 11.5 Å². The van der Waals surface area contributed by atoms with E-state index in [0.29, 0.717) is 22.6 Å². The summed E-state index contributed by atoms with van der Waals surface area (Å²) in [6.45, 7) is 4.14. The smallest absolute Gasteiger partial charge is 0.780 e. The van der Waals surface area contributed by atoms with Crippen LogP contribution in [0.25, 0.3) is 0 Å². The van der Waals surface area contributed by atoms with Crippen LogP contribution in [0.4, 0.5) is 4.79 Å². The fourth-order valence-electron chi connectivity index (χ4n) is 6.02. The normalized spacial score (nSPS) is 17.6. The summed E-state index contributed by atoms with van der Waals surface area (Å²) in [7, 11) is -2.26. The van der Waals surface area contributed by atoms with Crippen LogP contribution in [0, 0.1) is 0 Å². The van der Waals surface area contributed by atoms with E-state index in [1.54, 1.807) is 34.2 Å². The number of carbonyl (C=O) groups is 3. The topological polar surface area (TPSA) is 167 Å². The van der Waals surface area contributed by atoms with Crippen molar-refractivity contribution in [1.29, 1.82) is 0 Å². The molecule has 254 valence electrons. The van der Waals surface area contributed by atoms with E-state index in [2.05, 4.69) is 16.4 Å². The van der Waals surface area contributed by atoms with Gasteiger partial charge in [0.1, 0.15) is 25.8 Å². The van der Waals surface area contributed by atoms with E-state index in [-0.39, 0.29) is 116 Å². The van der Waals surface area contributed by atoms with E-state index >= 15 is 0 Å². The molecule has 50 heavy (non-hydrogen) atoms. The molecule has 2 aliphatic heterocycles. The number of methoxy groups -OCH3 is 2. The maximum Gasteiger partial charge on any atom is 1.00 e. The monoisotopic (exact) mass is 723 g/mol. The molecule has 0 aliphatic carbocycles. The first kappa shape index (κ1) is 41.5. The van der Waals surface area contributed by atoms with Crippen LogP contribution in [0.15, 0.2) is 85.5 Å². The Hall–Kier alpha value is -2.88. The first-order chi connectivity index (χ1) is 23.0. The predicted molar refractivity (Wildman–Crippen MR) is 170 cm³/mol. The van der Waals surface area contributed by atoms with Gasteiger partial charge in [0.25, 0.3) is 0 Å². The Morgan fingerprint density at radius 2 is 1.68 bits per heavy atom. The SMILES string of the molecule is C=CCN1CC(=O)N2[C@@H](Cc3ccc(OP(=O)([O-])[O-])cc3)C(=O)N(Cc3cccc(OC)c3OC)C[C@@H]2N1C(=O)NCc1ccccc1.[Na+].[Na+]. The first-order valence-corrected chi connectivity index (χ1v) is 16.6. The van der Waals surface area contributed by atoms with Gasteiger partial charge in [-0.1, -0.05) is 60.7 Å². The number of hydrogen-bond acceptors (Lipinski definition) is 10. The zero-order valence-electron chi connectivity index (χ0n) is 28.5. The number of para-hydroxylation sites is 1. The minimum atomic E-state index is -5.27. The Morgan fingerprint density at radius 3 is 2.30 bits per heavy atom. The fourth-order valence-corrected chi connectivity index (χ4v) is 6.40. The largest absolute Gasteiger partial charge is 1.00 e. The van der Waals surface area contributed by atoms with E-state index in [4.69, 9.17) is 9.47 Å². The number of piperazine rings is 1. The molecular weight excluding hydrogens is 687 g/mol. The van der Waals surface area contributed by atoms with Gasteiger partial charge in [0.2, 0.25) is 11.8 Å². The predicted octanol–water partition coefficient (Wildman–Crippen LogP) is -4.34. The average Bonchev–Trinajstić information content (AvgIpc) is 3.06. The van der Waals surface area contributed by atoms with Crippen LogP contribution in [0.1, 0.15) is 16.7 Å². The molecule has 0 bridgehead atoms. The number of phosphoric ester groups is 1. The molecule has 0 unspecified atom stereocenters. The van der Waals surface area contributed by atoms with Crippen molar-refractivity contribution < 1.29 is 102 Å². The van der Waals surface area contributed by atoms with Gasteiger partial charge in [-0.3, -0.25) is 9.59 Å². The second-order valence-corrected chi connectivity index (χ2v) is 12.3. The number of hydrogen-bond donors (Lipinski definition) is 1. The quantitative estimate of drug-likeness (QED) is 0.110. The molecule has 5 rings (SSSR count). The minimum absolute atomic E-state index is 0. The van der Waals surface area contributed by atoms with Gasteiger partial charge in [-0.2, -0.15) is 0 Å².